The third-order valence-corrected chi connectivity index (χ3v) is 3.24. The number of amides is 1. The monoisotopic (exact) mass is 238 g/mol. The van der Waals surface area contributed by atoms with Crippen molar-refractivity contribution in [1.29, 1.82) is 0 Å². The molecule has 0 spiro atoms. The fourth-order valence-electron chi connectivity index (χ4n) is 1.97. The Morgan fingerprint density at radius 1 is 1.31 bits per heavy atom. The average Bonchev–Trinajstić information content (AvgIpc) is 2.24. The second-order valence-corrected chi connectivity index (χ2v) is 4.88. The molecule has 4 heteroatoms. The maximum absolute atomic E-state index is 11.8. The fraction of sp³-hybridized carbons (Fsp3) is 0.417. The van der Waals surface area contributed by atoms with Crippen molar-refractivity contribution in [3.05, 3.63) is 29.3 Å². The second kappa shape index (κ2) is 3.98. The zero-order valence-electron chi connectivity index (χ0n) is 9.46. The van der Waals surface area contributed by atoms with Gasteiger partial charge < -0.3 is 10.2 Å². The summed E-state index contributed by atoms with van der Waals surface area (Å²) in [5, 5.41) is 3.59. The highest BCUT2D eigenvalue weighted by Crippen LogP contribution is 2.27. The highest BCUT2D eigenvalue weighted by Gasteiger charge is 2.37. The summed E-state index contributed by atoms with van der Waals surface area (Å²) >= 11 is 5.85. The van der Waals surface area contributed by atoms with Crippen molar-refractivity contribution < 1.29 is 4.79 Å². The van der Waals surface area contributed by atoms with Crippen molar-refractivity contribution in [2.45, 2.75) is 19.4 Å². The number of rotatable bonds is 1. The average molecular weight is 239 g/mol. The smallest absolute Gasteiger partial charge is 0.245 e. The minimum absolute atomic E-state index is 0.0636. The number of anilines is 1. The Kier molecular flexibility index (Phi) is 2.80. The number of halogens is 1. The van der Waals surface area contributed by atoms with Crippen LogP contribution in [0.3, 0.4) is 0 Å². The van der Waals surface area contributed by atoms with Crippen LogP contribution in [0.25, 0.3) is 0 Å². The minimum Gasteiger partial charge on any atom is -0.356 e. The van der Waals surface area contributed by atoms with Gasteiger partial charge in [-0.1, -0.05) is 11.6 Å². The SMILES string of the molecule is CC1(C)C(=O)NCCN1c1ccc(Cl)cc1. The van der Waals surface area contributed by atoms with E-state index < -0.39 is 5.54 Å². The van der Waals surface area contributed by atoms with E-state index >= 15 is 0 Å². The lowest BCUT2D eigenvalue weighted by Crippen LogP contribution is -2.62. The van der Waals surface area contributed by atoms with Crippen LogP contribution in [0.2, 0.25) is 5.02 Å². The van der Waals surface area contributed by atoms with E-state index in [0.717, 1.165) is 12.2 Å². The van der Waals surface area contributed by atoms with Crippen molar-refractivity contribution in [2.75, 3.05) is 18.0 Å². The topological polar surface area (TPSA) is 32.3 Å². The van der Waals surface area contributed by atoms with E-state index in [9.17, 15) is 4.79 Å². The molecule has 0 aromatic heterocycles. The van der Waals surface area contributed by atoms with Gasteiger partial charge in [0.2, 0.25) is 5.91 Å². The molecule has 86 valence electrons. The second-order valence-electron chi connectivity index (χ2n) is 4.44. The van der Waals surface area contributed by atoms with Crippen LogP contribution >= 0.6 is 11.6 Å². The third-order valence-electron chi connectivity index (χ3n) is 2.99. The molecule has 1 saturated heterocycles. The zero-order valence-corrected chi connectivity index (χ0v) is 10.2. The summed E-state index contributed by atoms with van der Waals surface area (Å²) in [6.07, 6.45) is 0. The lowest BCUT2D eigenvalue weighted by atomic mass is 9.98. The molecule has 16 heavy (non-hydrogen) atoms. The molecule has 1 heterocycles. The van der Waals surface area contributed by atoms with Gasteiger partial charge in [0.1, 0.15) is 5.54 Å². The van der Waals surface area contributed by atoms with Gasteiger partial charge in [0.05, 0.1) is 0 Å². The van der Waals surface area contributed by atoms with E-state index in [2.05, 4.69) is 10.2 Å². The molecule has 1 aromatic rings. The Balaban J connectivity index is 2.32. The third kappa shape index (κ3) is 1.87. The molecule has 1 aliphatic heterocycles. The van der Waals surface area contributed by atoms with Gasteiger partial charge in [-0.15, -0.1) is 0 Å². The van der Waals surface area contributed by atoms with Crippen LogP contribution in [0, 0.1) is 0 Å². The van der Waals surface area contributed by atoms with Gasteiger partial charge in [0.25, 0.3) is 0 Å². The van der Waals surface area contributed by atoms with Crippen LogP contribution < -0.4 is 10.2 Å². The first-order valence-corrected chi connectivity index (χ1v) is 5.71. The number of hydrogen-bond donors (Lipinski definition) is 1. The Morgan fingerprint density at radius 2 is 1.94 bits per heavy atom. The van der Waals surface area contributed by atoms with E-state index in [4.69, 9.17) is 11.6 Å². The predicted molar refractivity (Wildman–Crippen MR) is 65.9 cm³/mol. The Bertz CT molecular complexity index is 400. The number of carbonyl (C=O) groups is 1. The minimum atomic E-state index is -0.508. The molecule has 0 radical (unpaired) electrons. The summed E-state index contributed by atoms with van der Waals surface area (Å²) in [6, 6.07) is 7.59. The number of nitrogens with zero attached hydrogens (tertiary/aromatic N) is 1. The summed E-state index contributed by atoms with van der Waals surface area (Å²) in [4.78, 5) is 13.9. The molecule has 3 nitrogen and oxygen atoms in total. The van der Waals surface area contributed by atoms with Crippen molar-refractivity contribution in [2.24, 2.45) is 0 Å². The normalized spacial score (nSPS) is 19.4. The van der Waals surface area contributed by atoms with Crippen molar-refractivity contribution in [1.82, 2.24) is 5.32 Å². The van der Waals surface area contributed by atoms with Crippen LogP contribution in [-0.4, -0.2) is 24.5 Å². The van der Waals surface area contributed by atoms with E-state index in [1.54, 1.807) is 0 Å². The van der Waals surface area contributed by atoms with E-state index in [1.807, 2.05) is 38.1 Å². The van der Waals surface area contributed by atoms with Crippen LogP contribution in [0.1, 0.15) is 13.8 Å². The van der Waals surface area contributed by atoms with Crippen LogP contribution in [0.15, 0.2) is 24.3 Å². The van der Waals surface area contributed by atoms with Crippen molar-refractivity contribution >= 4 is 23.2 Å². The molecule has 0 atom stereocenters. The van der Waals surface area contributed by atoms with E-state index in [1.165, 1.54) is 0 Å². The Morgan fingerprint density at radius 3 is 2.56 bits per heavy atom. The quantitative estimate of drug-likeness (QED) is 0.812. The maximum Gasteiger partial charge on any atom is 0.245 e. The maximum atomic E-state index is 11.8. The van der Waals surface area contributed by atoms with Gasteiger partial charge in [-0.2, -0.15) is 0 Å². The number of hydrogen-bond acceptors (Lipinski definition) is 2. The molecule has 1 aliphatic rings. The fourth-order valence-corrected chi connectivity index (χ4v) is 2.10. The van der Waals surface area contributed by atoms with Gasteiger partial charge in [-0.3, -0.25) is 4.79 Å². The largest absolute Gasteiger partial charge is 0.356 e. The molecule has 0 aliphatic carbocycles. The summed E-state index contributed by atoms with van der Waals surface area (Å²) in [6.45, 7) is 5.36. The molecule has 1 aromatic carbocycles. The summed E-state index contributed by atoms with van der Waals surface area (Å²) in [5.74, 6) is 0.0636. The van der Waals surface area contributed by atoms with Crippen LogP contribution in [-0.2, 0) is 4.79 Å². The van der Waals surface area contributed by atoms with E-state index in [0.29, 0.717) is 11.6 Å². The zero-order chi connectivity index (χ0) is 11.8. The molecule has 0 saturated carbocycles. The van der Waals surface area contributed by atoms with Gasteiger partial charge >= 0.3 is 0 Å². The Labute approximate surface area is 100 Å². The summed E-state index contributed by atoms with van der Waals surface area (Å²) in [7, 11) is 0. The molecule has 1 amide bonds. The van der Waals surface area contributed by atoms with Gasteiger partial charge in [0.15, 0.2) is 0 Å². The summed E-state index contributed by atoms with van der Waals surface area (Å²) in [5.41, 5.74) is 0.524. The van der Waals surface area contributed by atoms with Gasteiger partial charge in [-0.05, 0) is 38.1 Å². The van der Waals surface area contributed by atoms with Crippen LogP contribution in [0.5, 0.6) is 0 Å². The molecule has 1 fully saturated rings. The predicted octanol–water partition coefficient (Wildman–Crippen LogP) is 2.05. The highest BCUT2D eigenvalue weighted by atomic mass is 35.5. The molecule has 0 bridgehead atoms. The number of piperazine rings is 1. The molecule has 0 unspecified atom stereocenters. The molecular weight excluding hydrogens is 224 g/mol. The first kappa shape index (κ1) is 11.3. The Hall–Kier alpha value is -1.22. The first-order chi connectivity index (χ1) is 7.51. The summed E-state index contributed by atoms with van der Waals surface area (Å²) < 4.78 is 0. The highest BCUT2D eigenvalue weighted by molar-refractivity contribution is 6.30. The first-order valence-electron chi connectivity index (χ1n) is 5.33. The van der Waals surface area contributed by atoms with Crippen molar-refractivity contribution in [3.63, 3.8) is 0 Å². The number of nitrogens with one attached hydrogen (secondary N) is 1. The van der Waals surface area contributed by atoms with Gasteiger partial charge in [-0.25, -0.2) is 0 Å². The van der Waals surface area contributed by atoms with Crippen LogP contribution in [0.4, 0.5) is 5.69 Å². The van der Waals surface area contributed by atoms with Gasteiger partial charge in [0, 0.05) is 23.8 Å². The lowest BCUT2D eigenvalue weighted by molar-refractivity contribution is -0.126. The standard InChI is InChI=1S/C12H15ClN2O/c1-12(2)11(16)14-7-8-15(12)10-5-3-9(13)4-6-10/h3-6H,7-8H2,1-2H3,(H,14,16). The molecule has 2 rings (SSSR count). The van der Waals surface area contributed by atoms with Crippen molar-refractivity contribution in [3.8, 4) is 0 Å². The van der Waals surface area contributed by atoms with E-state index in [-0.39, 0.29) is 5.91 Å². The number of benzene rings is 1. The number of carbonyl (C=O) groups excluding carboxylic acids is 1. The molecule has 1 N–H and O–H groups in total. The molecular formula is C12H15ClN2O. The lowest BCUT2D eigenvalue weighted by Gasteiger charge is -2.42.